The Morgan fingerprint density at radius 1 is 0.559 bits per heavy atom. The zero-order chi connectivity index (χ0) is 45.7. The summed E-state index contributed by atoms with van der Waals surface area (Å²) in [6.07, 6.45) is 6.68. The Morgan fingerprint density at radius 3 is 1.90 bits per heavy atom. The fraction of sp³-hybridized carbons (Fsp3) is 0.109. The highest BCUT2D eigenvalue weighted by Gasteiger charge is 2.54. The molecule has 0 heterocycles. The Balaban J connectivity index is 0.877. The smallest absolute Gasteiger partial charge is 0.130 e. The van der Waals surface area contributed by atoms with Crippen molar-refractivity contribution in [3.63, 3.8) is 0 Å². The van der Waals surface area contributed by atoms with E-state index in [2.05, 4.69) is 223 Å². The molecule has 3 atom stereocenters. The van der Waals surface area contributed by atoms with Gasteiger partial charge >= 0.3 is 0 Å². The SMILES string of the molecule is NC(N/C(=N\Cc1ccccc1)c1ccccc1)c1ccc(-c2cccc(-c3ccccc3Nc3cccc(-c4cccc5c4C(c4ccccc4)(c4ccccc4)C4CCC=CC54)c3)c2)cc1. The quantitative estimate of drug-likeness (QED) is 0.0496. The monoisotopic (exact) mass is 878 g/mol. The van der Waals surface area contributed by atoms with E-state index in [0.717, 1.165) is 69.0 Å². The second kappa shape index (κ2) is 19.0. The maximum atomic E-state index is 6.82. The fourth-order valence-electron chi connectivity index (χ4n) is 11.0. The molecule has 0 aliphatic heterocycles. The summed E-state index contributed by atoms with van der Waals surface area (Å²) < 4.78 is 0. The van der Waals surface area contributed by atoms with Gasteiger partial charge in [0.05, 0.1) is 6.54 Å². The van der Waals surface area contributed by atoms with Crippen LogP contribution in [0.4, 0.5) is 11.4 Å². The van der Waals surface area contributed by atoms with Crippen LogP contribution in [-0.2, 0) is 12.0 Å². The first-order valence-corrected chi connectivity index (χ1v) is 23.9. The lowest BCUT2D eigenvalue weighted by atomic mass is 9.61. The van der Waals surface area contributed by atoms with Crippen LogP contribution in [0.5, 0.6) is 0 Å². The standard InChI is InChI=1S/C64H54N4/c65-62(68-63(48-22-7-2-8-23-48)66-44-45-20-5-1-6-21-45)47-40-38-46(39-41-47)49-24-17-25-50(42-49)55-32-14-16-37-60(55)67-54-31-18-26-51(43-54)56-34-19-35-58-57-33-13-15-36-59(57)64(61(56)58,52-27-9-3-10-28-52)53-29-11-4-12-30-53/h1-14,16-35,37-43,57,59,62,67H,15,36,44,65H2,(H,66,68). The van der Waals surface area contributed by atoms with Gasteiger partial charge in [0.2, 0.25) is 0 Å². The van der Waals surface area contributed by atoms with Crippen molar-refractivity contribution in [1.29, 1.82) is 0 Å². The van der Waals surface area contributed by atoms with Gasteiger partial charge in [0.15, 0.2) is 0 Å². The van der Waals surface area contributed by atoms with Gasteiger partial charge in [-0.2, -0.15) is 0 Å². The van der Waals surface area contributed by atoms with E-state index in [-0.39, 0.29) is 5.41 Å². The number of hydrogen-bond acceptors (Lipinski definition) is 3. The van der Waals surface area contributed by atoms with Crippen LogP contribution >= 0.6 is 0 Å². The van der Waals surface area contributed by atoms with Crippen molar-refractivity contribution in [2.24, 2.45) is 16.6 Å². The van der Waals surface area contributed by atoms with Gasteiger partial charge in [0.25, 0.3) is 0 Å². The molecule has 0 saturated carbocycles. The lowest BCUT2D eigenvalue weighted by Gasteiger charge is -2.41. The van der Waals surface area contributed by atoms with E-state index in [0.29, 0.717) is 18.4 Å². The Labute approximate surface area is 400 Å². The zero-order valence-electron chi connectivity index (χ0n) is 38.0. The molecule has 2 aliphatic carbocycles. The minimum atomic E-state index is -0.444. The van der Waals surface area contributed by atoms with Gasteiger partial charge < -0.3 is 16.4 Å². The minimum absolute atomic E-state index is 0.294. The summed E-state index contributed by atoms with van der Waals surface area (Å²) in [6, 6.07) is 85.0. The van der Waals surface area contributed by atoms with E-state index in [1.165, 1.54) is 33.4 Å². The largest absolute Gasteiger partial charge is 0.355 e. The average molecular weight is 879 g/mol. The molecule has 4 heteroatoms. The number of para-hydroxylation sites is 1. The second-order valence-electron chi connectivity index (χ2n) is 18.0. The molecule has 9 aromatic rings. The van der Waals surface area contributed by atoms with E-state index < -0.39 is 6.17 Å². The third-order valence-corrected chi connectivity index (χ3v) is 14.0. The van der Waals surface area contributed by atoms with Crippen molar-refractivity contribution in [3.8, 4) is 33.4 Å². The third-order valence-electron chi connectivity index (χ3n) is 14.0. The molecule has 9 aromatic carbocycles. The van der Waals surface area contributed by atoms with E-state index in [1.54, 1.807) is 0 Å². The molecule has 11 rings (SSSR count). The van der Waals surface area contributed by atoms with Crippen molar-refractivity contribution in [2.45, 2.75) is 36.9 Å². The Bertz CT molecular complexity index is 3180. The third kappa shape index (κ3) is 8.25. The molecule has 4 N–H and O–H groups in total. The van der Waals surface area contributed by atoms with Crippen LogP contribution < -0.4 is 16.4 Å². The molecule has 68 heavy (non-hydrogen) atoms. The summed E-state index contributed by atoms with van der Waals surface area (Å²) in [5.74, 6) is 1.53. The second-order valence-corrected chi connectivity index (χ2v) is 18.0. The molecule has 0 radical (unpaired) electrons. The molecular formula is C64H54N4. The van der Waals surface area contributed by atoms with Crippen LogP contribution in [0.1, 0.15) is 63.9 Å². The number of amidine groups is 1. The minimum Gasteiger partial charge on any atom is -0.355 e. The number of nitrogens with zero attached hydrogens (tertiary/aromatic N) is 1. The van der Waals surface area contributed by atoms with Crippen molar-refractivity contribution in [2.75, 3.05) is 5.32 Å². The molecule has 0 aromatic heterocycles. The number of aliphatic imine (C=N–C) groups is 1. The van der Waals surface area contributed by atoms with Gasteiger partial charge in [-0.1, -0.05) is 224 Å². The molecule has 2 aliphatic rings. The maximum absolute atomic E-state index is 6.82. The number of hydrogen-bond donors (Lipinski definition) is 3. The summed E-state index contributed by atoms with van der Waals surface area (Å²) in [7, 11) is 0. The lowest BCUT2D eigenvalue weighted by molar-refractivity contribution is 0.346. The lowest BCUT2D eigenvalue weighted by Crippen LogP contribution is -2.36. The molecule has 0 bridgehead atoms. The van der Waals surface area contributed by atoms with Crippen LogP contribution in [0.25, 0.3) is 33.4 Å². The van der Waals surface area contributed by atoms with Crippen LogP contribution in [-0.4, -0.2) is 5.84 Å². The molecule has 0 saturated heterocycles. The summed E-state index contributed by atoms with van der Waals surface area (Å²) in [5.41, 5.74) is 24.4. The molecule has 330 valence electrons. The first kappa shape index (κ1) is 42.6. The summed E-state index contributed by atoms with van der Waals surface area (Å²) in [4.78, 5) is 4.95. The molecule has 3 unspecified atom stereocenters. The fourth-order valence-corrected chi connectivity index (χ4v) is 11.0. The van der Waals surface area contributed by atoms with Gasteiger partial charge in [-0.15, -0.1) is 0 Å². The highest BCUT2D eigenvalue weighted by atomic mass is 15.1. The molecule has 0 amide bonds. The predicted octanol–water partition coefficient (Wildman–Crippen LogP) is 15.0. The number of anilines is 2. The van der Waals surface area contributed by atoms with E-state index in [9.17, 15) is 0 Å². The first-order chi connectivity index (χ1) is 33.6. The number of allylic oxidation sites excluding steroid dienone is 2. The molecular weight excluding hydrogens is 825 g/mol. The maximum Gasteiger partial charge on any atom is 0.130 e. The van der Waals surface area contributed by atoms with Gasteiger partial charge in [-0.3, -0.25) is 4.99 Å². The Hall–Kier alpha value is -8.05. The van der Waals surface area contributed by atoms with Crippen molar-refractivity contribution in [1.82, 2.24) is 5.32 Å². The number of nitrogens with two attached hydrogens (primary N) is 1. The number of rotatable bonds is 12. The van der Waals surface area contributed by atoms with Gasteiger partial charge in [0, 0.05) is 33.8 Å². The van der Waals surface area contributed by atoms with E-state index in [4.69, 9.17) is 10.7 Å². The van der Waals surface area contributed by atoms with Crippen molar-refractivity contribution in [3.05, 3.63) is 288 Å². The van der Waals surface area contributed by atoms with Crippen LogP contribution in [0.2, 0.25) is 0 Å². The first-order valence-electron chi connectivity index (χ1n) is 23.9. The van der Waals surface area contributed by atoms with Crippen LogP contribution in [0.3, 0.4) is 0 Å². The summed E-state index contributed by atoms with van der Waals surface area (Å²) in [5, 5.41) is 7.37. The number of nitrogens with one attached hydrogen (secondary N) is 2. The molecule has 4 nitrogen and oxygen atoms in total. The topological polar surface area (TPSA) is 62.4 Å². The highest BCUT2D eigenvalue weighted by Crippen LogP contribution is 2.62. The van der Waals surface area contributed by atoms with Gasteiger partial charge in [-0.25, -0.2) is 0 Å². The normalized spacial score (nSPS) is 16.3. The summed E-state index contributed by atoms with van der Waals surface area (Å²) in [6.45, 7) is 0.560. The Morgan fingerprint density at radius 2 is 1.16 bits per heavy atom. The zero-order valence-corrected chi connectivity index (χ0v) is 38.0. The summed E-state index contributed by atoms with van der Waals surface area (Å²) >= 11 is 0. The van der Waals surface area contributed by atoms with Crippen molar-refractivity contribution >= 4 is 17.2 Å². The highest BCUT2D eigenvalue weighted by molar-refractivity contribution is 5.99. The van der Waals surface area contributed by atoms with E-state index in [1.807, 2.05) is 36.4 Å². The molecule has 0 spiro atoms. The van der Waals surface area contributed by atoms with Crippen molar-refractivity contribution < 1.29 is 0 Å². The Kier molecular flexibility index (Phi) is 11.9. The van der Waals surface area contributed by atoms with Gasteiger partial charge in [-0.05, 0) is 104 Å². The molecule has 0 fully saturated rings. The average Bonchev–Trinajstić information content (AvgIpc) is 3.72. The number of fused-ring (bicyclic) bond motifs is 3. The van der Waals surface area contributed by atoms with Gasteiger partial charge in [0.1, 0.15) is 12.0 Å². The number of benzene rings is 9. The predicted molar refractivity (Wildman–Crippen MR) is 283 cm³/mol. The van der Waals surface area contributed by atoms with E-state index >= 15 is 0 Å². The van der Waals surface area contributed by atoms with Crippen LogP contribution in [0, 0.1) is 5.92 Å². The van der Waals surface area contributed by atoms with Crippen LogP contribution in [0.15, 0.2) is 254 Å².